The average Bonchev–Trinajstić information content (AvgIpc) is 3.17. The van der Waals surface area contributed by atoms with Crippen LogP contribution in [0.2, 0.25) is 5.02 Å². The van der Waals surface area contributed by atoms with Crippen molar-refractivity contribution in [2.75, 3.05) is 6.79 Å². The molecule has 1 heterocycles. The van der Waals surface area contributed by atoms with Crippen molar-refractivity contribution < 1.29 is 37.1 Å². The van der Waals surface area contributed by atoms with Crippen LogP contribution in [0, 0.1) is 17.0 Å². The van der Waals surface area contributed by atoms with Crippen molar-refractivity contribution in [3.8, 4) is 0 Å². The molecule has 0 saturated heterocycles. The first-order valence-electron chi connectivity index (χ1n) is 10.5. The lowest BCUT2D eigenvalue weighted by Gasteiger charge is -2.22. The Kier molecular flexibility index (Phi) is 8.69. The van der Waals surface area contributed by atoms with Crippen LogP contribution in [0.3, 0.4) is 0 Å². The van der Waals surface area contributed by atoms with E-state index in [1.54, 1.807) is 39.0 Å². The number of fused-ring (bicyclic) bond motifs is 1. The number of hydrogen-bond acceptors (Lipinski definition) is 6. The minimum atomic E-state index is -4.80. The predicted octanol–water partition coefficient (Wildman–Crippen LogP) is 6.41. The summed E-state index contributed by atoms with van der Waals surface area (Å²) in [5.41, 5.74) is -2.61. The third-order valence-electron chi connectivity index (χ3n) is 4.92. The normalized spacial score (nSPS) is 14.5. The molecule has 0 fully saturated rings. The summed E-state index contributed by atoms with van der Waals surface area (Å²) < 4.78 is 51.2. The third-order valence-corrected chi connectivity index (χ3v) is 7.78. The summed E-state index contributed by atoms with van der Waals surface area (Å²) in [6, 6.07) is 7.67. The topological polar surface area (TPSA) is 102 Å². The Morgan fingerprint density at radius 3 is 2.64 bits per heavy atom. The first-order valence-corrected chi connectivity index (χ1v) is 13.4. The first kappa shape index (κ1) is 28.0. The summed E-state index contributed by atoms with van der Waals surface area (Å²) in [6.45, 7) is 3.93. The predicted molar refractivity (Wildman–Crippen MR) is 134 cm³/mol. The highest BCUT2D eigenvalue weighted by Gasteiger charge is 2.42. The highest BCUT2D eigenvalue weighted by atomic mass is 35.5. The van der Waals surface area contributed by atoms with Crippen LogP contribution in [0.15, 0.2) is 48.0 Å². The van der Waals surface area contributed by atoms with Gasteiger partial charge in [0, 0.05) is 21.5 Å². The maximum absolute atomic E-state index is 13.9. The van der Waals surface area contributed by atoms with Gasteiger partial charge >= 0.3 is 13.6 Å². The molecule has 7 nitrogen and oxygen atoms in total. The molecule has 36 heavy (non-hydrogen) atoms. The van der Waals surface area contributed by atoms with Gasteiger partial charge in [0.25, 0.3) is 0 Å². The summed E-state index contributed by atoms with van der Waals surface area (Å²) in [5.74, 6) is -3.04. The smallest absolute Gasteiger partial charge is 0.347 e. The van der Waals surface area contributed by atoms with E-state index in [-0.39, 0.29) is 11.1 Å². The van der Waals surface area contributed by atoms with Crippen LogP contribution >= 0.6 is 30.5 Å². The molecule has 2 atom stereocenters. The van der Waals surface area contributed by atoms with Crippen LogP contribution in [-0.4, -0.2) is 23.6 Å². The van der Waals surface area contributed by atoms with Crippen molar-refractivity contribution in [3.63, 3.8) is 0 Å². The molecule has 0 aliphatic rings. The molecule has 0 aliphatic carbocycles. The molecule has 2 N–H and O–H groups in total. The van der Waals surface area contributed by atoms with Gasteiger partial charge in [0.15, 0.2) is 5.66 Å². The summed E-state index contributed by atoms with van der Waals surface area (Å²) >= 11 is 7.31. The van der Waals surface area contributed by atoms with Gasteiger partial charge in [-0.15, -0.1) is 11.3 Å². The lowest BCUT2D eigenvalue weighted by atomic mass is 9.98. The van der Waals surface area contributed by atoms with Crippen molar-refractivity contribution >= 4 is 58.6 Å². The van der Waals surface area contributed by atoms with E-state index in [9.17, 15) is 27.8 Å². The van der Waals surface area contributed by atoms with Gasteiger partial charge in [0.2, 0.25) is 12.7 Å². The first-order chi connectivity index (χ1) is 16.8. The second-order valence-electron chi connectivity index (χ2n) is 8.73. The van der Waals surface area contributed by atoms with E-state index < -0.39 is 49.0 Å². The molecule has 192 valence electrons. The second kappa shape index (κ2) is 11.2. The maximum atomic E-state index is 13.9. The second-order valence-corrected chi connectivity index (χ2v) is 12.0. The van der Waals surface area contributed by atoms with Gasteiger partial charge in [-0.05, 0) is 79.6 Å². The molecule has 0 aliphatic heterocycles. The van der Waals surface area contributed by atoms with Crippen LogP contribution in [0.5, 0.6) is 0 Å². The van der Waals surface area contributed by atoms with E-state index in [4.69, 9.17) is 20.9 Å². The molecule has 2 unspecified atom stereocenters. The Hall–Kier alpha value is -2.62. The fourth-order valence-corrected chi connectivity index (χ4v) is 5.61. The summed E-state index contributed by atoms with van der Waals surface area (Å²) in [7, 11) is -4.80. The number of esters is 1. The van der Waals surface area contributed by atoms with Crippen LogP contribution < -0.4 is 5.32 Å². The Morgan fingerprint density at radius 1 is 1.22 bits per heavy atom. The number of ether oxygens (including phenoxy) is 1. The van der Waals surface area contributed by atoms with Crippen LogP contribution in [-0.2, 0) is 23.4 Å². The lowest BCUT2D eigenvalue weighted by Crippen LogP contribution is -2.27. The number of nitrogens with one attached hydrogen (secondary N) is 1. The number of carbonyl (C=O) groups is 2. The molecule has 0 saturated carbocycles. The molecular formula is C24H23ClF2NO6PS. The fraction of sp³-hybridized carbons (Fsp3) is 0.250. The van der Waals surface area contributed by atoms with Crippen LogP contribution in [0.25, 0.3) is 16.2 Å². The molecule has 0 spiro atoms. The standard InChI is InChI=1S/C24H23ClF2NO6PS/c1-24(2,3)23(30)33-13-34-35(31,32)21(18-12-36-20-7-4-15(25)11-17(18)20)22(29)28-9-8-14-10-16(26)5-6-19(14)27/h4-12,21H,13H2,1-3H3,(H,28,29)(H,31,32)/b9-8+. The summed E-state index contributed by atoms with van der Waals surface area (Å²) in [5, 5.41) is 4.64. The van der Waals surface area contributed by atoms with Crippen molar-refractivity contribution in [1.29, 1.82) is 0 Å². The van der Waals surface area contributed by atoms with E-state index in [0.717, 1.165) is 30.5 Å². The largest absolute Gasteiger partial charge is 0.438 e. The maximum Gasteiger partial charge on any atom is 0.347 e. The van der Waals surface area contributed by atoms with Crippen LogP contribution in [0.4, 0.5) is 8.78 Å². The van der Waals surface area contributed by atoms with Gasteiger partial charge in [-0.1, -0.05) is 11.6 Å². The van der Waals surface area contributed by atoms with Gasteiger partial charge in [-0.3, -0.25) is 18.7 Å². The third kappa shape index (κ3) is 6.78. The van der Waals surface area contributed by atoms with Gasteiger partial charge < -0.3 is 14.9 Å². The quantitative estimate of drug-likeness (QED) is 0.188. The van der Waals surface area contributed by atoms with Crippen molar-refractivity contribution in [3.05, 3.63) is 75.8 Å². The highest BCUT2D eigenvalue weighted by molar-refractivity contribution is 7.54. The Balaban J connectivity index is 1.90. The number of benzene rings is 2. The number of carbonyl (C=O) groups excluding carboxylic acids is 2. The summed E-state index contributed by atoms with van der Waals surface area (Å²) in [4.78, 5) is 35.9. The molecule has 2 aromatic carbocycles. The van der Waals surface area contributed by atoms with Gasteiger partial charge in [0.1, 0.15) is 11.6 Å². The Morgan fingerprint density at radius 2 is 1.94 bits per heavy atom. The van der Waals surface area contributed by atoms with E-state index in [1.165, 1.54) is 16.7 Å². The van der Waals surface area contributed by atoms with E-state index in [1.807, 2.05) is 0 Å². The van der Waals surface area contributed by atoms with Gasteiger partial charge in [0.05, 0.1) is 5.41 Å². The minimum absolute atomic E-state index is 0.142. The lowest BCUT2D eigenvalue weighted by molar-refractivity contribution is -0.159. The molecule has 12 heteroatoms. The average molecular weight is 558 g/mol. The Labute approximate surface area is 215 Å². The zero-order valence-corrected chi connectivity index (χ0v) is 21.9. The number of rotatable bonds is 8. The van der Waals surface area contributed by atoms with Crippen LogP contribution in [0.1, 0.15) is 37.6 Å². The van der Waals surface area contributed by atoms with E-state index >= 15 is 0 Å². The Bertz CT molecular complexity index is 1370. The molecule has 0 bridgehead atoms. The molecule has 0 radical (unpaired) electrons. The number of thiophene rings is 1. The zero-order valence-electron chi connectivity index (χ0n) is 19.5. The molecular weight excluding hydrogens is 535 g/mol. The van der Waals surface area contributed by atoms with Crippen molar-refractivity contribution in [1.82, 2.24) is 5.32 Å². The van der Waals surface area contributed by atoms with Gasteiger partial charge in [-0.2, -0.15) is 0 Å². The SMILES string of the molecule is CC(C)(C)C(=O)OCOP(=O)(O)C(C(=O)N/C=C/c1cc(F)ccc1F)c1csc2ccc(Cl)cc12. The molecule has 1 amide bonds. The number of halogens is 3. The highest BCUT2D eigenvalue weighted by Crippen LogP contribution is 2.58. The molecule has 3 aromatic rings. The van der Waals surface area contributed by atoms with Gasteiger partial charge in [-0.25, -0.2) is 8.78 Å². The molecule has 1 aromatic heterocycles. The van der Waals surface area contributed by atoms with Crippen molar-refractivity contribution in [2.45, 2.75) is 26.4 Å². The fourth-order valence-electron chi connectivity index (χ4n) is 3.08. The number of hydrogen-bond donors (Lipinski definition) is 2. The van der Waals surface area contributed by atoms with E-state index in [2.05, 4.69) is 5.32 Å². The molecule has 3 rings (SSSR count). The zero-order chi connectivity index (χ0) is 26.7. The van der Waals surface area contributed by atoms with E-state index in [0.29, 0.717) is 15.1 Å². The minimum Gasteiger partial charge on any atom is -0.438 e. The monoisotopic (exact) mass is 557 g/mol. The summed E-state index contributed by atoms with van der Waals surface area (Å²) in [6.07, 6.45) is 2.12. The van der Waals surface area contributed by atoms with Crippen molar-refractivity contribution in [2.24, 2.45) is 5.41 Å². The number of amides is 1.